The first-order valence-electron chi connectivity index (χ1n) is 14.7. The lowest BCUT2D eigenvalue weighted by Crippen LogP contribution is -2.65. The second kappa shape index (κ2) is 11.5. The van der Waals surface area contributed by atoms with E-state index in [-0.39, 0.29) is 41.0 Å². The molecule has 4 atom stereocenters. The minimum atomic E-state index is -2.77. The number of phenolic OH excluding ortho intramolecular Hbond substituents is 1. The molecule has 1 fully saturated rings. The molecule has 0 radical (unpaired) electrons. The van der Waals surface area contributed by atoms with Crippen LogP contribution in [0.3, 0.4) is 0 Å². The lowest BCUT2D eigenvalue weighted by molar-refractivity contribution is -0.153. The number of methoxy groups -OCH3 is 1. The number of aliphatic hydroxyl groups excluding tert-OH is 2. The number of fused-ring (bicyclic) bond motifs is 3. The summed E-state index contributed by atoms with van der Waals surface area (Å²) in [4.78, 5) is 66.5. The van der Waals surface area contributed by atoms with Crippen LogP contribution in [0.25, 0.3) is 16.9 Å². The fourth-order valence-electron chi connectivity index (χ4n) is 7.13. The van der Waals surface area contributed by atoms with Crippen LogP contribution in [0.4, 0.5) is 5.69 Å². The minimum absolute atomic E-state index is 0.000477. The van der Waals surface area contributed by atoms with Crippen LogP contribution in [-0.4, -0.2) is 92.7 Å². The summed E-state index contributed by atoms with van der Waals surface area (Å²) in [5, 5.41) is 51.6. The van der Waals surface area contributed by atoms with Crippen molar-refractivity contribution in [3.05, 3.63) is 82.0 Å². The molecule has 15 nitrogen and oxygen atoms in total. The molecule has 2 amide bonds. The molecule has 15 heteroatoms. The summed E-state index contributed by atoms with van der Waals surface area (Å²) in [6, 6.07) is 7.32. The van der Waals surface area contributed by atoms with Gasteiger partial charge in [-0.05, 0) is 73.8 Å². The lowest BCUT2D eigenvalue weighted by Gasteiger charge is -2.50. The molecule has 6 rings (SSSR count). The molecule has 1 aromatic heterocycles. The number of Topliss-reactive ketones (excluding diaryl/α,β-unsaturated/α-hetero) is 2. The number of nitrogens with two attached hydrogens (primary N) is 1. The minimum Gasteiger partial charge on any atom is -0.508 e. The highest BCUT2D eigenvalue weighted by atomic mass is 16.5. The highest BCUT2D eigenvalue weighted by molar-refractivity contribution is 6.24. The molecule has 1 saturated carbocycles. The largest absolute Gasteiger partial charge is 0.508 e. The van der Waals surface area contributed by atoms with Crippen LogP contribution in [0.15, 0.2) is 64.0 Å². The number of ether oxygens (including phenoxy) is 1. The fraction of sp³-hybridized carbons (Fsp3) is 0.273. The van der Waals surface area contributed by atoms with Crippen molar-refractivity contribution >= 4 is 40.8 Å². The van der Waals surface area contributed by atoms with E-state index in [2.05, 4.69) is 10.5 Å². The first-order chi connectivity index (χ1) is 22.7. The van der Waals surface area contributed by atoms with Gasteiger partial charge in [-0.2, -0.15) is 0 Å². The number of esters is 1. The average molecular weight is 659 g/mol. The zero-order valence-corrected chi connectivity index (χ0v) is 25.8. The predicted octanol–water partition coefficient (Wildman–Crippen LogP) is 1.66. The number of amides is 2. The molecule has 3 aliphatic carbocycles. The number of carbonyl (C=O) groups is 5. The van der Waals surface area contributed by atoms with E-state index in [4.69, 9.17) is 15.0 Å². The van der Waals surface area contributed by atoms with Gasteiger partial charge in [-0.25, -0.2) is 4.79 Å². The van der Waals surface area contributed by atoms with Crippen molar-refractivity contribution < 1.29 is 53.7 Å². The number of hydrogen-bond donors (Lipinski definition) is 6. The summed E-state index contributed by atoms with van der Waals surface area (Å²) in [7, 11) is 4.21. The van der Waals surface area contributed by atoms with Gasteiger partial charge in [0.15, 0.2) is 11.4 Å². The van der Waals surface area contributed by atoms with Gasteiger partial charge in [0.05, 0.1) is 30.5 Å². The maximum atomic E-state index is 14.1. The van der Waals surface area contributed by atoms with Gasteiger partial charge in [0.1, 0.15) is 22.8 Å². The quantitative estimate of drug-likeness (QED) is 0.163. The Bertz CT molecular complexity index is 2000. The van der Waals surface area contributed by atoms with Crippen LogP contribution < -0.4 is 11.1 Å². The van der Waals surface area contributed by atoms with Crippen molar-refractivity contribution in [1.29, 1.82) is 0 Å². The average Bonchev–Trinajstić information content (AvgIpc) is 3.57. The van der Waals surface area contributed by atoms with Crippen LogP contribution in [0.1, 0.15) is 38.5 Å². The Hall–Kier alpha value is -5.80. The Kier molecular flexibility index (Phi) is 7.68. The molecule has 3 aromatic rings. The van der Waals surface area contributed by atoms with E-state index in [0.29, 0.717) is 16.7 Å². The second-order valence-electron chi connectivity index (χ2n) is 12.1. The van der Waals surface area contributed by atoms with E-state index in [1.165, 1.54) is 62.6 Å². The topological polar surface area (TPSA) is 243 Å². The molecule has 0 saturated heterocycles. The van der Waals surface area contributed by atoms with E-state index < -0.39 is 75.7 Å². The van der Waals surface area contributed by atoms with Crippen molar-refractivity contribution in [2.24, 2.45) is 17.6 Å². The molecule has 0 bridgehead atoms. The van der Waals surface area contributed by atoms with Crippen LogP contribution in [0, 0.1) is 11.8 Å². The zero-order chi connectivity index (χ0) is 34.8. The Labute approximate surface area is 271 Å². The number of benzene rings is 2. The highest BCUT2D eigenvalue weighted by Gasteiger charge is 2.64. The van der Waals surface area contributed by atoms with Gasteiger partial charge in [-0.1, -0.05) is 11.2 Å². The number of nitrogens with zero attached hydrogens (tertiary/aromatic N) is 2. The molecule has 7 N–H and O–H groups in total. The third-order valence-electron chi connectivity index (χ3n) is 9.19. The first kappa shape index (κ1) is 32.2. The Balaban J connectivity index is 1.51. The highest BCUT2D eigenvalue weighted by Crippen LogP contribution is 2.53. The Morgan fingerprint density at radius 1 is 1.10 bits per heavy atom. The van der Waals surface area contributed by atoms with Crippen LogP contribution in [0.2, 0.25) is 0 Å². The summed E-state index contributed by atoms with van der Waals surface area (Å²) >= 11 is 0. The number of aliphatic hydroxyl groups is 3. The molecule has 0 spiro atoms. The van der Waals surface area contributed by atoms with E-state index >= 15 is 0 Å². The fourth-order valence-corrected chi connectivity index (χ4v) is 7.13. The predicted molar refractivity (Wildman–Crippen MR) is 165 cm³/mol. The molecule has 48 heavy (non-hydrogen) atoms. The summed E-state index contributed by atoms with van der Waals surface area (Å²) in [5.74, 6) is -9.15. The van der Waals surface area contributed by atoms with Crippen LogP contribution in [0.5, 0.6) is 5.75 Å². The number of nitrogens with one attached hydrogen (secondary N) is 1. The SMILES string of the molecule is COC(=O)c1cc(NC(=O)c2ccno2)cc(-c2ccc(O)c3c2C[C@H]2C[C@H]4[C@H](N(C)C)C(=O)C(C(N)=O)=C(O)[C@@]4(O)C(=O)C2=C3O)c1. The zero-order valence-electron chi connectivity index (χ0n) is 25.8. The van der Waals surface area contributed by atoms with Crippen molar-refractivity contribution in [3.8, 4) is 16.9 Å². The lowest BCUT2D eigenvalue weighted by atomic mass is 9.57. The summed E-state index contributed by atoms with van der Waals surface area (Å²) < 4.78 is 9.82. The summed E-state index contributed by atoms with van der Waals surface area (Å²) in [6.07, 6.45) is 1.18. The van der Waals surface area contributed by atoms with Gasteiger partial charge in [0.2, 0.25) is 11.5 Å². The van der Waals surface area contributed by atoms with Gasteiger partial charge in [-0.3, -0.25) is 24.1 Å². The summed E-state index contributed by atoms with van der Waals surface area (Å²) in [6.45, 7) is 0. The number of ketones is 2. The molecule has 248 valence electrons. The Morgan fingerprint density at radius 3 is 2.46 bits per heavy atom. The monoisotopic (exact) mass is 658 g/mol. The van der Waals surface area contributed by atoms with E-state index in [1.54, 1.807) is 6.07 Å². The van der Waals surface area contributed by atoms with Crippen molar-refractivity contribution in [1.82, 2.24) is 10.1 Å². The number of aromatic nitrogens is 1. The molecule has 0 unspecified atom stereocenters. The van der Waals surface area contributed by atoms with Gasteiger partial charge >= 0.3 is 5.97 Å². The smallest absolute Gasteiger partial charge is 0.337 e. The maximum absolute atomic E-state index is 14.1. The third-order valence-corrected chi connectivity index (χ3v) is 9.19. The van der Waals surface area contributed by atoms with Gasteiger partial charge < -0.3 is 40.7 Å². The van der Waals surface area contributed by atoms with Crippen molar-refractivity contribution in [2.45, 2.75) is 24.5 Å². The normalized spacial score (nSPS) is 23.4. The standard InChI is InChI=1S/C33H30N4O11/c1-37(2)25-19-12-14-11-18-17(13-8-15(32(45)47-3)10-16(9-13)36-31(44)21-6-7-35-48-21)4-5-20(38)23(18)26(39)22(14)28(41)33(19,46)29(42)24(27(25)40)30(34)43/h4-10,14,19,25,38-39,42,46H,11-12H2,1-3H3,(H2,34,43)(H,36,44)/t14-,19-,25-,33-/m0/s1. The summed E-state index contributed by atoms with van der Waals surface area (Å²) in [5.41, 5.74) is 2.61. The van der Waals surface area contributed by atoms with E-state index in [0.717, 1.165) is 0 Å². The first-order valence-corrected chi connectivity index (χ1v) is 14.7. The third kappa shape index (κ3) is 4.74. The van der Waals surface area contributed by atoms with Crippen molar-refractivity contribution in [2.75, 3.05) is 26.5 Å². The van der Waals surface area contributed by atoms with Gasteiger partial charge in [0.25, 0.3) is 11.8 Å². The number of primary amides is 1. The Morgan fingerprint density at radius 2 is 1.83 bits per heavy atom. The van der Waals surface area contributed by atoms with Crippen LogP contribution >= 0.6 is 0 Å². The van der Waals surface area contributed by atoms with E-state index in [9.17, 15) is 44.4 Å². The number of aromatic hydroxyl groups is 1. The number of rotatable bonds is 6. The second-order valence-corrected chi connectivity index (χ2v) is 12.1. The van der Waals surface area contributed by atoms with Crippen LogP contribution in [-0.2, 0) is 25.5 Å². The molecule has 2 aromatic carbocycles. The van der Waals surface area contributed by atoms with Gasteiger partial charge in [-0.15, -0.1) is 0 Å². The van der Waals surface area contributed by atoms with Gasteiger partial charge in [0, 0.05) is 23.2 Å². The molecular formula is C33H30N4O11. The molecule has 0 aliphatic heterocycles. The molecule has 3 aliphatic rings. The number of phenols is 1. The molecular weight excluding hydrogens is 628 g/mol. The van der Waals surface area contributed by atoms with E-state index in [1.807, 2.05) is 0 Å². The maximum Gasteiger partial charge on any atom is 0.337 e. The number of anilines is 1. The van der Waals surface area contributed by atoms with Crippen molar-refractivity contribution in [3.63, 3.8) is 0 Å². The number of hydrogen-bond acceptors (Lipinski definition) is 13. The number of likely N-dealkylation sites (N-methyl/N-ethyl adjacent to an activating group) is 1. The number of carbonyl (C=O) groups excluding carboxylic acids is 5. The molecule has 1 heterocycles.